The van der Waals surface area contributed by atoms with Crippen LogP contribution in [-0.2, 0) is 26.1 Å². The van der Waals surface area contributed by atoms with Crippen LogP contribution >= 0.6 is 0 Å². The van der Waals surface area contributed by atoms with E-state index >= 15 is 0 Å². The number of ether oxygens (including phenoxy) is 2. The Morgan fingerprint density at radius 1 is 0.974 bits per heavy atom. The van der Waals surface area contributed by atoms with Gasteiger partial charge in [-0.3, -0.25) is 13.9 Å². The van der Waals surface area contributed by atoms with Crippen LogP contribution in [0.15, 0.2) is 77.7 Å². The highest BCUT2D eigenvalue weighted by Gasteiger charge is 2.33. The van der Waals surface area contributed by atoms with Crippen molar-refractivity contribution < 1.29 is 37.4 Å². The second-order valence-corrected chi connectivity index (χ2v) is 10.00. The zero-order valence-corrected chi connectivity index (χ0v) is 22.1. The zero-order valence-electron chi connectivity index (χ0n) is 21.3. The Balaban J connectivity index is 2.25. The highest BCUT2D eigenvalue weighted by Crippen LogP contribution is 2.34. The summed E-state index contributed by atoms with van der Waals surface area (Å²) in [5.41, 5.74) is 2.39. The molecule has 0 saturated heterocycles. The van der Waals surface area contributed by atoms with Gasteiger partial charge in [0.2, 0.25) is 0 Å². The molecule has 0 aliphatic heterocycles. The van der Waals surface area contributed by atoms with Crippen LogP contribution in [0.2, 0.25) is 0 Å². The van der Waals surface area contributed by atoms with Crippen LogP contribution in [0.1, 0.15) is 40.1 Å². The third-order valence-electron chi connectivity index (χ3n) is 5.45. The number of aliphatic hydroxyl groups excluding tert-OH is 1. The molecule has 3 aromatic carbocycles. The van der Waals surface area contributed by atoms with E-state index in [4.69, 9.17) is 14.3 Å². The fraction of sp³-hybridized carbons (Fsp3) is 0.259. The molecule has 0 fully saturated rings. The number of carbonyl (C=O) groups excluding carboxylic acids is 2. The first-order valence-electron chi connectivity index (χ1n) is 11.8. The highest BCUT2D eigenvalue weighted by atomic mass is 32.2. The molecule has 0 spiro atoms. The van der Waals surface area contributed by atoms with E-state index in [0.29, 0.717) is 11.3 Å². The Hall–Kier alpha value is -3.93. The quantitative estimate of drug-likeness (QED) is 0.263. The van der Waals surface area contributed by atoms with Gasteiger partial charge in [0.15, 0.2) is 0 Å². The molecule has 1 atom stereocenters. The smallest absolute Gasteiger partial charge is 0.340 e. The monoisotopic (exact) mass is 542 g/mol. The number of rotatable bonds is 12. The molecule has 1 amide bonds. The zero-order chi connectivity index (χ0) is 27.7. The second kappa shape index (κ2) is 13.0. The van der Waals surface area contributed by atoms with Crippen molar-refractivity contribution in [2.75, 3.05) is 24.6 Å². The molecule has 0 aromatic heterocycles. The summed E-state index contributed by atoms with van der Waals surface area (Å²) in [6.07, 6.45) is -0.723. The number of esters is 1. The van der Waals surface area contributed by atoms with Gasteiger partial charge in [0.25, 0.3) is 15.9 Å². The Morgan fingerprint density at radius 3 is 2.24 bits per heavy atom. The van der Waals surface area contributed by atoms with Crippen LogP contribution in [0.3, 0.4) is 0 Å². The van der Waals surface area contributed by atoms with E-state index < -0.39 is 28.0 Å². The number of hydrogen-bond acceptors (Lipinski definition) is 8. The predicted octanol–water partition coefficient (Wildman–Crippen LogP) is 3.31. The number of hydrogen-bond donors (Lipinski definition) is 2. The summed E-state index contributed by atoms with van der Waals surface area (Å²) in [6, 6.07) is 18.7. The number of para-hydroxylation sites is 1. The van der Waals surface area contributed by atoms with E-state index in [1.54, 1.807) is 37.3 Å². The highest BCUT2D eigenvalue weighted by molar-refractivity contribution is 7.92. The van der Waals surface area contributed by atoms with E-state index in [1.165, 1.54) is 56.5 Å². The van der Waals surface area contributed by atoms with Gasteiger partial charge in [-0.1, -0.05) is 36.4 Å². The molecule has 3 aromatic rings. The number of anilines is 1. The van der Waals surface area contributed by atoms with Gasteiger partial charge >= 0.3 is 5.97 Å². The lowest BCUT2D eigenvalue weighted by atomic mass is 10.1. The Kier molecular flexibility index (Phi) is 9.83. The first-order chi connectivity index (χ1) is 18.2. The first-order valence-corrected chi connectivity index (χ1v) is 13.2. The van der Waals surface area contributed by atoms with Gasteiger partial charge < -0.3 is 14.6 Å². The van der Waals surface area contributed by atoms with Crippen molar-refractivity contribution in [1.29, 1.82) is 0 Å². The minimum Gasteiger partial charge on any atom is -0.497 e. The van der Waals surface area contributed by atoms with Crippen LogP contribution in [0.5, 0.6) is 5.75 Å². The lowest BCUT2D eigenvalue weighted by Gasteiger charge is -2.28. The molecule has 202 valence electrons. The number of carbonyl (C=O) groups is 2. The number of methoxy groups -OCH3 is 1. The number of sulfonamides is 1. The van der Waals surface area contributed by atoms with Crippen molar-refractivity contribution in [2.24, 2.45) is 0 Å². The number of amides is 1. The average Bonchev–Trinajstić information content (AvgIpc) is 2.94. The van der Waals surface area contributed by atoms with E-state index in [1.807, 2.05) is 0 Å². The van der Waals surface area contributed by atoms with E-state index in [2.05, 4.69) is 5.48 Å². The fourth-order valence-electron chi connectivity index (χ4n) is 3.52. The number of nitrogens with one attached hydrogen (secondary N) is 1. The van der Waals surface area contributed by atoms with Gasteiger partial charge in [0.1, 0.15) is 11.9 Å². The average molecular weight is 543 g/mol. The maximum atomic E-state index is 14.1. The molecule has 3 rings (SSSR count). The molecule has 0 radical (unpaired) electrons. The molecule has 10 nitrogen and oxygen atoms in total. The third kappa shape index (κ3) is 6.68. The topological polar surface area (TPSA) is 131 Å². The molecular formula is C27H30N2O8S. The minimum absolute atomic E-state index is 0.0374. The molecule has 11 heteroatoms. The molecule has 0 bridgehead atoms. The molecule has 2 N–H and O–H groups in total. The maximum Gasteiger partial charge on any atom is 0.340 e. The standard InChI is InChI=1S/C27H30N2O8S/c1-4-36-27(32)24-12-8-11-23(26(31)28-37-19(2)18-30)25(24)29(17-20-9-6-5-7-10-20)38(33,34)22-15-13-21(35-3)14-16-22/h5-16,19,30H,4,17-18H2,1-3H3,(H,28,31). The van der Waals surface area contributed by atoms with Crippen molar-refractivity contribution in [2.45, 2.75) is 31.4 Å². The SMILES string of the molecule is CCOC(=O)c1cccc(C(=O)NOC(C)CO)c1N(Cc1ccccc1)S(=O)(=O)c1ccc(OC)cc1. The third-order valence-corrected chi connectivity index (χ3v) is 7.21. The van der Waals surface area contributed by atoms with Crippen molar-refractivity contribution in [3.63, 3.8) is 0 Å². The minimum atomic E-state index is -4.33. The van der Waals surface area contributed by atoms with Crippen molar-refractivity contribution >= 4 is 27.6 Å². The van der Waals surface area contributed by atoms with Gasteiger partial charge in [-0.2, -0.15) is 0 Å². The molecule has 1 unspecified atom stereocenters. The summed E-state index contributed by atoms with van der Waals surface area (Å²) in [5, 5.41) is 9.24. The van der Waals surface area contributed by atoms with Crippen LogP contribution in [0.4, 0.5) is 5.69 Å². The Labute approximate surface area is 221 Å². The largest absolute Gasteiger partial charge is 0.497 e. The van der Waals surface area contributed by atoms with Crippen molar-refractivity contribution in [1.82, 2.24) is 5.48 Å². The fourth-order valence-corrected chi connectivity index (χ4v) is 5.01. The molecule has 0 aliphatic rings. The maximum absolute atomic E-state index is 14.1. The van der Waals surface area contributed by atoms with Gasteiger partial charge in [-0.25, -0.2) is 18.7 Å². The van der Waals surface area contributed by atoms with E-state index in [0.717, 1.165) is 4.31 Å². The number of hydroxylamine groups is 1. The van der Waals surface area contributed by atoms with Crippen molar-refractivity contribution in [3.8, 4) is 5.75 Å². The van der Waals surface area contributed by atoms with E-state index in [9.17, 15) is 23.1 Å². The predicted molar refractivity (Wildman–Crippen MR) is 140 cm³/mol. The number of nitrogens with zero attached hydrogens (tertiary/aromatic N) is 1. The van der Waals surface area contributed by atoms with Gasteiger partial charge in [-0.15, -0.1) is 0 Å². The summed E-state index contributed by atoms with van der Waals surface area (Å²) >= 11 is 0. The van der Waals surface area contributed by atoms with Crippen LogP contribution in [0, 0.1) is 0 Å². The second-order valence-electron chi connectivity index (χ2n) is 8.14. The summed E-state index contributed by atoms with van der Waals surface area (Å²) in [7, 11) is -2.87. The number of benzene rings is 3. The van der Waals surface area contributed by atoms with Crippen LogP contribution < -0.4 is 14.5 Å². The molecule has 0 saturated carbocycles. The Morgan fingerprint density at radius 2 is 1.63 bits per heavy atom. The van der Waals surface area contributed by atoms with E-state index in [-0.39, 0.29) is 41.5 Å². The van der Waals surface area contributed by atoms with Crippen LogP contribution in [-0.4, -0.2) is 51.8 Å². The van der Waals surface area contributed by atoms with Gasteiger partial charge in [0.05, 0.1) is 48.6 Å². The van der Waals surface area contributed by atoms with Crippen LogP contribution in [0.25, 0.3) is 0 Å². The normalized spacial score (nSPS) is 11.9. The molecular weight excluding hydrogens is 512 g/mol. The Bertz CT molecular complexity index is 1350. The summed E-state index contributed by atoms with van der Waals surface area (Å²) in [4.78, 5) is 31.3. The summed E-state index contributed by atoms with van der Waals surface area (Å²) in [5.74, 6) is -1.15. The summed E-state index contributed by atoms with van der Waals surface area (Å²) in [6.45, 7) is 2.64. The van der Waals surface area contributed by atoms with Crippen molar-refractivity contribution in [3.05, 3.63) is 89.5 Å². The van der Waals surface area contributed by atoms with Gasteiger partial charge in [0, 0.05) is 0 Å². The van der Waals surface area contributed by atoms with Gasteiger partial charge in [-0.05, 0) is 55.8 Å². The molecule has 0 aliphatic carbocycles. The molecule has 0 heterocycles. The lowest BCUT2D eigenvalue weighted by molar-refractivity contribution is -0.0304. The first kappa shape index (κ1) is 28.6. The lowest BCUT2D eigenvalue weighted by Crippen LogP contribution is -2.36. The summed E-state index contributed by atoms with van der Waals surface area (Å²) < 4.78 is 39.5. The molecule has 38 heavy (non-hydrogen) atoms. The number of aliphatic hydroxyl groups is 1.